The van der Waals surface area contributed by atoms with Gasteiger partial charge in [0.05, 0.1) is 0 Å². The molecule has 0 fully saturated rings. The molecular formula is C10H16O. The largest absolute Gasteiger partial charge is 0.295 e. The zero-order chi connectivity index (χ0) is 8.10. The first-order chi connectivity index (χ1) is 5.33. The highest BCUT2D eigenvalue weighted by molar-refractivity contribution is 5.90. The SMILES string of the molecule is CCCCC1CC=CC(=O)C1. The average Bonchev–Trinajstić information content (AvgIpc) is 2.01. The second-order valence-corrected chi connectivity index (χ2v) is 3.32. The van der Waals surface area contributed by atoms with E-state index < -0.39 is 0 Å². The van der Waals surface area contributed by atoms with E-state index in [0.717, 1.165) is 12.8 Å². The van der Waals surface area contributed by atoms with Gasteiger partial charge in [0.1, 0.15) is 0 Å². The van der Waals surface area contributed by atoms with E-state index in [-0.39, 0.29) is 0 Å². The fourth-order valence-corrected chi connectivity index (χ4v) is 1.54. The topological polar surface area (TPSA) is 17.1 Å². The van der Waals surface area contributed by atoms with Crippen LogP contribution in [0.4, 0.5) is 0 Å². The molecule has 1 heteroatoms. The molecule has 0 saturated carbocycles. The lowest BCUT2D eigenvalue weighted by molar-refractivity contribution is -0.115. The molecule has 0 heterocycles. The van der Waals surface area contributed by atoms with Crippen molar-refractivity contribution in [1.82, 2.24) is 0 Å². The van der Waals surface area contributed by atoms with Crippen LogP contribution in [0.3, 0.4) is 0 Å². The third-order valence-corrected chi connectivity index (χ3v) is 2.23. The molecule has 1 rings (SSSR count). The lowest BCUT2D eigenvalue weighted by Crippen LogP contribution is -2.10. The van der Waals surface area contributed by atoms with Gasteiger partial charge in [0, 0.05) is 6.42 Å². The standard InChI is InChI=1S/C10H16O/c1-2-3-5-9-6-4-7-10(11)8-9/h4,7,9H,2-3,5-6,8H2,1H3. The molecule has 1 nitrogen and oxygen atoms in total. The normalized spacial score (nSPS) is 24.1. The monoisotopic (exact) mass is 152 g/mol. The quantitative estimate of drug-likeness (QED) is 0.607. The summed E-state index contributed by atoms with van der Waals surface area (Å²) in [5.74, 6) is 0.963. The Kier molecular flexibility index (Phi) is 3.34. The lowest BCUT2D eigenvalue weighted by Gasteiger charge is -2.15. The van der Waals surface area contributed by atoms with Crippen molar-refractivity contribution in [2.24, 2.45) is 5.92 Å². The van der Waals surface area contributed by atoms with Gasteiger partial charge in [0.2, 0.25) is 0 Å². The molecule has 11 heavy (non-hydrogen) atoms. The van der Waals surface area contributed by atoms with Gasteiger partial charge in [-0.25, -0.2) is 0 Å². The second kappa shape index (κ2) is 4.32. The third-order valence-electron chi connectivity index (χ3n) is 2.23. The van der Waals surface area contributed by atoms with E-state index in [1.165, 1.54) is 19.3 Å². The summed E-state index contributed by atoms with van der Waals surface area (Å²) in [6, 6.07) is 0. The highest BCUT2D eigenvalue weighted by atomic mass is 16.1. The number of rotatable bonds is 3. The van der Waals surface area contributed by atoms with Crippen LogP contribution in [-0.4, -0.2) is 5.78 Å². The molecule has 0 radical (unpaired) electrons. The van der Waals surface area contributed by atoms with Crippen molar-refractivity contribution >= 4 is 5.78 Å². The average molecular weight is 152 g/mol. The minimum atomic E-state index is 0.317. The number of carbonyl (C=O) groups is 1. The van der Waals surface area contributed by atoms with Crippen LogP contribution in [0, 0.1) is 5.92 Å². The summed E-state index contributed by atoms with van der Waals surface area (Å²) < 4.78 is 0. The van der Waals surface area contributed by atoms with Crippen molar-refractivity contribution in [3.05, 3.63) is 12.2 Å². The lowest BCUT2D eigenvalue weighted by atomic mass is 9.89. The first kappa shape index (κ1) is 8.51. The predicted octanol–water partition coefficient (Wildman–Crippen LogP) is 2.71. The van der Waals surface area contributed by atoms with E-state index in [9.17, 15) is 4.79 Å². The number of unbranched alkanes of at least 4 members (excludes halogenated alkanes) is 1. The molecule has 0 aromatic rings. The maximum atomic E-state index is 10.9. The molecule has 0 spiro atoms. The smallest absolute Gasteiger partial charge is 0.155 e. The summed E-state index contributed by atoms with van der Waals surface area (Å²) in [6.45, 7) is 2.19. The Labute approximate surface area is 68.5 Å². The molecule has 0 N–H and O–H groups in total. The molecule has 0 amide bonds. The zero-order valence-electron chi connectivity index (χ0n) is 7.18. The van der Waals surface area contributed by atoms with Gasteiger partial charge >= 0.3 is 0 Å². The summed E-state index contributed by atoms with van der Waals surface area (Å²) in [5.41, 5.74) is 0. The molecule has 1 aliphatic carbocycles. The first-order valence-electron chi connectivity index (χ1n) is 4.52. The van der Waals surface area contributed by atoms with Crippen LogP contribution in [0.5, 0.6) is 0 Å². The first-order valence-corrected chi connectivity index (χ1v) is 4.52. The van der Waals surface area contributed by atoms with Gasteiger partial charge in [-0.1, -0.05) is 25.8 Å². The molecule has 0 bridgehead atoms. The summed E-state index contributed by atoms with van der Waals surface area (Å²) in [5, 5.41) is 0. The fraction of sp³-hybridized carbons (Fsp3) is 0.700. The number of ketones is 1. The van der Waals surface area contributed by atoms with Gasteiger partial charge in [0.25, 0.3) is 0 Å². The van der Waals surface area contributed by atoms with Crippen LogP contribution in [0.15, 0.2) is 12.2 Å². The molecule has 62 valence electrons. The Hall–Kier alpha value is -0.590. The van der Waals surface area contributed by atoms with Gasteiger partial charge in [-0.15, -0.1) is 0 Å². The number of carbonyl (C=O) groups excluding carboxylic acids is 1. The number of hydrogen-bond donors (Lipinski definition) is 0. The molecular weight excluding hydrogens is 136 g/mol. The third kappa shape index (κ3) is 2.87. The van der Waals surface area contributed by atoms with E-state index >= 15 is 0 Å². The van der Waals surface area contributed by atoms with Crippen LogP contribution in [0.1, 0.15) is 39.0 Å². The van der Waals surface area contributed by atoms with Crippen molar-refractivity contribution in [3.8, 4) is 0 Å². The van der Waals surface area contributed by atoms with Gasteiger partial charge in [0.15, 0.2) is 5.78 Å². The molecule has 1 unspecified atom stereocenters. The van der Waals surface area contributed by atoms with Crippen molar-refractivity contribution < 1.29 is 4.79 Å². The summed E-state index contributed by atoms with van der Waals surface area (Å²) in [6.07, 6.45) is 9.39. The fourth-order valence-electron chi connectivity index (χ4n) is 1.54. The second-order valence-electron chi connectivity index (χ2n) is 3.32. The Balaban J connectivity index is 2.26. The summed E-state index contributed by atoms with van der Waals surface area (Å²) in [7, 11) is 0. The van der Waals surface area contributed by atoms with Gasteiger partial charge in [-0.3, -0.25) is 4.79 Å². The van der Waals surface area contributed by atoms with E-state index in [4.69, 9.17) is 0 Å². The molecule has 0 aliphatic heterocycles. The van der Waals surface area contributed by atoms with Gasteiger partial charge in [-0.05, 0) is 24.8 Å². The Morgan fingerprint density at radius 2 is 2.45 bits per heavy atom. The van der Waals surface area contributed by atoms with Crippen LogP contribution < -0.4 is 0 Å². The number of hydrogen-bond acceptors (Lipinski definition) is 1. The van der Waals surface area contributed by atoms with E-state index in [2.05, 4.69) is 6.92 Å². The molecule has 0 aromatic carbocycles. The highest BCUT2D eigenvalue weighted by Crippen LogP contribution is 2.21. The van der Waals surface area contributed by atoms with Gasteiger partial charge < -0.3 is 0 Å². The molecule has 0 aromatic heterocycles. The summed E-state index contributed by atoms with van der Waals surface area (Å²) in [4.78, 5) is 10.9. The highest BCUT2D eigenvalue weighted by Gasteiger charge is 2.13. The molecule has 1 aliphatic rings. The zero-order valence-corrected chi connectivity index (χ0v) is 7.18. The Morgan fingerprint density at radius 1 is 1.64 bits per heavy atom. The Bertz CT molecular complexity index is 158. The van der Waals surface area contributed by atoms with E-state index in [1.54, 1.807) is 6.08 Å². The Morgan fingerprint density at radius 3 is 3.09 bits per heavy atom. The minimum Gasteiger partial charge on any atom is -0.295 e. The van der Waals surface area contributed by atoms with Crippen LogP contribution in [0.2, 0.25) is 0 Å². The maximum Gasteiger partial charge on any atom is 0.155 e. The summed E-state index contributed by atoms with van der Waals surface area (Å²) >= 11 is 0. The maximum absolute atomic E-state index is 10.9. The van der Waals surface area contributed by atoms with Crippen molar-refractivity contribution in [2.45, 2.75) is 39.0 Å². The van der Waals surface area contributed by atoms with Crippen molar-refractivity contribution in [2.75, 3.05) is 0 Å². The van der Waals surface area contributed by atoms with Crippen LogP contribution in [-0.2, 0) is 4.79 Å². The molecule has 1 atom stereocenters. The van der Waals surface area contributed by atoms with E-state index in [1.807, 2.05) is 6.08 Å². The molecule has 0 saturated heterocycles. The van der Waals surface area contributed by atoms with Crippen LogP contribution in [0.25, 0.3) is 0 Å². The minimum absolute atomic E-state index is 0.317. The predicted molar refractivity (Wildman–Crippen MR) is 46.4 cm³/mol. The van der Waals surface area contributed by atoms with E-state index in [0.29, 0.717) is 11.7 Å². The van der Waals surface area contributed by atoms with Gasteiger partial charge in [-0.2, -0.15) is 0 Å². The number of allylic oxidation sites excluding steroid dienone is 2. The van der Waals surface area contributed by atoms with Crippen LogP contribution >= 0.6 is 0 Å². The van der Waals surface area contributed by atoms with Crippen molar-refractivity contribution in [1.29, 1.82) is 0 Å². The van der Waals surface area contributed by atoms with Crippen molar-refractivity contribution in [3.63, 3.8) is 0 Å².